The van der Waals surface area contributed by atoms with Gasteiger partial charge in [-0.1, -0.05) is 54.6 Å². The number of benzene rings is 3. The monoisotopic (exact) mass is 347 g/mol. The van der Waals surface area contributed by atoms with Crippen molar-refractivity contribution in [2.75, 3.05) is 0 Å². The van der Waals surface area contributed by atoms with Gasteiger partial charge in [-0.25, -0.2) is 0 Å². The highest BCUT2D eigenvalue weighted by Crippen LogP contribution is 2.21. The van der Waals surface area contributed by atoms with E-state index in [1.807, 2.05) is 72.8 Å². The van der Waals surface area contributed by atoms with Gasteiger partial charge in [-0.15, -0.1) is 0 Å². The van der Waals surface area contributed by atoms with E-state index < -0.39 is 0 Å². The predicted molar refractivity (Wildman–Crippen MR) is 102 cm³/mol. The first-order chi connectivity index (χ1) is 12.8. The van der Waals surface area contributed by atoms with Gasteiger partial charge < -0.3 is 9.47 Å². The summed E-state index contributed by atoms with van der Waals surface area (Å²) >= 11 is 0. The number of para-hydroxylation sites is 3. The van der Waals surface area contributed by atoms with Gasteiger partial charge in [-0.3, -0.25) is 5.11 Å². The molecule has 0 saturated heterocycles. The van der Waals surface area contributed by atoms with Gasteiger partial charge in [0.15, 0.2) is 5.75 Å². The van der Waals surface area contributed by atoms with Gasteiger partial charge in [-0.05, 0) is 55.2 Å². The fourth-order valence-electron chi connectivity index (χ4n) is 2.78. The van der Waals surface area contributed by atoms with Crippen LogP contribution in [0, 0.1) is 0 Å². The van der Waals surface area contributed by atoms with E-state index in [4.69, 9.17) is 9.47 Å². The Bertz CT molecular complexity index is 730. The highest BCUT2D eigenvalue weighted by molar-refractivity contribution is 5.31. The Morgan fingerprint density at radius 2 is 1.19 bits per heavy atom. The maximum atomic E-state index is 11.8. The Kier molecular flexibility index (Phi) is 6.54. The zero-order valence-corrected chi connectivity index (χ0v) is 14.7. The molecular weight excluding hydrogens is 324 g/mol. The van der Waals surface area contributed by atoms with Crippen molar-refractivity contribution < 1.29 is 14.6 Å². The number of hydrogen-bond acceptors (Lipinski definition) is 2. The second-order valence-electron chi connectivity index (χ2n) is 6.14. The third-order valence-corrected chi connectivity index (χ3v) is 4.13. The number of unbranched alkanes of at least 4 members (excludes halogenated alkanes) is 1. The molecule has 0 bridgehead atoms. The molecule has 0 spiro atoms. The normalized spacial score (nSPS) is 10.7. The van der Waals surface area contributed by atoms with E-state index in [9.17, 15) is 5.11 Å². The van der Waals surface area contributed by atoms with Crippen molar-refractivity contribution in [3.63, 3.8) is 0 Å². The van der Waals surface area contributed by atoms with Gasteiger partial charge in [0.1, 0.15) is 11.5 Å². The molecule has 1 radical (unpaired) electrons. The summed E-state index contributed by atoms with van der Waals surface area (Å²) in [7, 11) is 0. The minimum Gasteiger partial charge on any atom is -0.455 e. The van der Waals surface area contributed by atoms with Crippen LogP contribution in [0.5, 0.6) is 17.2 Å². The van der Waals surface area contributed by atoms with Crippen molar-refractivity contribution in [1.29, 1.82) is 0 Å². The van der Waals surface area contributed by atoms with Crippen LogP contribution >= 0.6 is 0 Å². The fourth-order valence-corrected chi connectivity index (χ4v) is 2.78. The second kappa shape index (κ2) is 9.52. The summed E-state index contributed by atoms with van der Waals surface area (Å²) in [5.74, 6) is 1.70. The molecule has 3 nitrogen and oxygen atoms in total. The van der Waals surface area contributed by atoms with Crippen molar-refractivity contribution in [2.45, 2.75) is 32.0 Å². The van der Waals surface area contributed by atoms with Crippen LogP contribution < -0.4 is 9.47 Å². The molecule has 0 aromatic heterocycles. The van der Waals surface area contributed by atoms with Crippen LogP contribution in [0.1, 0.15) is 24.8 Å². The van der Waals surface area contributed by atoms with E-state index in [0.29, 0.717) is 0 Å². The van der Waals surface area contributed by atoms with E-state index in [-0.39, 0.29) is 12.0 Å². The zero-order chi connectivity index (χ0) is 18.0. The third-order valence-electron chi connectivity index (χ3n) is 4.13. The standard InChI is InChI=1S/C23H23O3/c24-22-17-9-7-11-19(22)12-8-10-18-23(25-20-13-3-1-4-14-20)26-21-15-5-2-6-16-21/h1-7,9,11,13-17,23H,8,10,12,18H2. The van der Waals surface area contributed by atoms with Gasteiger partial charge in [0.25, 0.3) is 0 Å². The van der Waals surface area contributed by atoms with E-state index >= 15 is 0 Å². The maximum Gasteiger partial charge on any atom is 0.241 e. The molecule has 3 rings (SSSR count). The lowest BCUT2D eigenvalue weighted by atomic mass is 10.1. The summed E-state index contributed by atoms with van der Waals surface area (Å²) in [4.78, 5) is 0. The lowest BCUT2D eigenvalue weighted by Crippen LogP contribution is -2.24. The number of ether oxygens (including phenoxy) is 2. The van der Waals surface area contributed by atoms with E-state index in [2.05, 4.69) is 0 Å². The van der Waals surface area contributed by atoms with Crippen molar-refractivity contribution >= 4 is 0 Å². The second-order valence-corrected chi connectivity index (χ2v) is 6.14. The zero-order valence-electron chi connectivity index (χ0n) is 14.7. The van der Waals surface area contributed by atoms with Crippen molar-refractivity contribution in [3.05, 3.63) is 90.5 Å². The molecule has 3 heteroatoms. The van der Waals surface area contributed by atoms with Gasteiger partial charge in [0.2, 0.25) is 6.29 Å². The van der Waals surface area contributed by atoms with Gasteiger partial charge >= 0.3 is 0 Å². The molecule has 0 fully saturated rings. The molecular formula is C23H23O3. The average molecular weight is 347 g/mol. The van der Waals surface area contributed by atoms with Gasteiger partial charge in [-0.2, -0.15) is 0 Å². The molecule has 3 aromatic carbocycles. The van der Waals surface area contributed by atoms with Crippen LogP contribution in [0.2, 0.25) is 0 Å². The molecule has 0 aliphatic carbocycles. The quantitative estimate of drug-likeness (QED) is 0.350. The molecule has 0 saturated carbocycles. The molecule has 0 amide bonds. The van der Waals surface area contributed by atoms with E-state index in [1.165, 1.54) is 0 Å². The van der Waals surface area contributed by atoms with Crippen LogP contribution in [0.25, 0.3) is 0 Å². The van der Waals surface area contributed by atoms with Gasteiger partial charge in [0.05, 0.1) is 0 Å². The predicted octanol–water partition coefficient (Wildman–Crippen LogP) is 6.03. The fraction of sp³-hybridized carbons (Fsp3) is 0.217. The molecule has 0 N–H and O–H groups in total. The Balaban J connectivity index is 1.55. The molecule has 0 unspecified atom stereocenters. The summed E-state index contributed by atoms with van der Waals surface area (Å²) in [5.41, 5.74) is 0.872. The molecule has 26 heavy (non-hydrogen) atoms. The Morgan fingerprint density at radius 3 is 1.77 bits per heavy atom. The Labute approximate surface area is 154 Å². The van der Waals surface area contributed by atoms with Gasteiger partial charge in [0, 0.05) is 6.42 Å². The highest BCUT2D eigenvalue weighted by Gasteiger charge is 2.13. The SMILES string of the molecule is [O]c1ccccc1CCCCC(Oc1ccccc1)Oc1ccccc1. The molecule has 3 aromatic rings. The minimum atomic E-state index is -0.359. The summed E-state index contributed by atoms with van der Waals surface area (Å²) < 4.78 is 12.0. The summed E-state index contributed by atoms with van der Waals surface area (Å²) in [5, 5.41) is 11.8. The number of rotatable bonds is 9. The van der Waals surface area contributed by atoms with Crippen molar-refractivity contribution in [1.82, 2.24) is 0 Å². The first-order valence-electron chi connectivity index (χ1n) is 8.99. The van der Waals surface area contributed by atoms with Crippen LogP contribution in [-0.2, 0) is 11.5 Å². The largest absolute Gasteiger partial charge is 0.455 e. The smallest absolute Gasteiger partial charge is 0.241 e. The molecule has 0 atom stereocenters. The highest BCUT2D eigenvalue weighted by atomic mass is 16.7. The first-order valence-corrected chi connectivity index (χ1v) is 8.99. The van der Waals surface area contributed by atoms with Crippen LogP contribution in [0.3, 0.4) is 0 Å². The molecule has 0 heterocycles. The van der Waals surface area contributed by atoms with Crippen LogP contribution in [-0.4, -0.2) is 6.29 Å². The molecule has 133 valence electrons. The average Bonchev–Trinajstić information content (AvgIpc) is 2.68. The molecule has 0 aliphatic heterocycles. The van der Waals surface area contributed by atoms with Crippen molar-refractivity contribution in [3.8, 4) is 17.2 Å². The summed E-state index contributed by atoms with van der Waals surface area (Å²) in [6.45, 7) is 0. The molecule has 0 aliphatic rings. The number of aryl methyl sites for hydroxylation is 1. The maximum absolute atomic E-state index is 11.8. The summed E-state index contributed by atoms with van der Waals surface area (Å²) in [6, 6.07) is 26.6. The van der Waals surface area contributed by atoms with E-state index in [0.717, 1.165) is 42.7 Å². The number of hydrogen-bond donors (Lipinski definition) is 0. The van der Waals surface area contributed by atoms with Crippen molar-refractivity contribution in [2.24, 2.45) is 0 Å². The Morgan fingerprint density at radius 1 is 0.654 bits per heavy atom. The minimum absolute atomic E-state index is 0.116. The third kappa shape index (κ3) is 5.55. The lowest BCUT2D eigenvalue weighted by Gasteiger charge is -2.20. The summed E-state index contributed by atoms with van der Waals surface area (Å²) in [6.07, 6.45) is 3.01. The Hall–Kier alpha value is -2.94. The lowest BCUT2D eigenvalue weighted by molar-refractivity contribution is -0.00232. The van der Waals surface area contributed by atoms with E-state index in [1.54, 1.807) is 12.1 Å². The topological polar surface area (TPSA) is 38.4 Å². The first kappa shape index (κ1) is 17.9. The van der Waals surface area contributed by atoms with Crippen LogP contribution in [0.4, 0.5) is 0 Å². The van der Waals surface area contributed by atoms with Crippen LogP contribution in [0.15, 0.2) is 84.9 Å².